The molecule has 1 unspecified atom stereocenters. The van der Waals surface area contributed by atoms with Crippen molar-refractivity contribution in [3.05, 3.63) is 23.8 Å². The molecule has 5 heteroatoms. The minimum Gasteiger partial charge on any atom is -0.394 e. The van der Waals surface area contributed by atoms with Gasteiger partial charge in [0.25, 0.3) is 5.91 Å². The third kappa shape index (κ3) is 3.50. The van der Waals surface area contributed by atoms with Crippen molar-refractivity contribution < 1.29 is 9.90 Å². The van der Waals surface area contributed by atoms with Gasteiger partial charge in [0.15, 0.2) is 0 Å². The number of rotatable bonds is 5. The molecule has 1 amide bonds. The number of carbonyl (C=O) groups excluding carboxylic acids is 1. The second kappa shape index (κ2) is 6.61. The molecule has 1 aromatic rings. The Kier molecular flexibility index (Phi) is 4.85. The van der Waals surface area contributed by atoms with Crippen LogP contribution in [0.1, 0.15) is 61.3 Å². The number of aliphatic hydroxyl groups is 1. The van der Waals surface area contributed by atoms with Crippen molar-refractivity contribution in [3.63, 3.8) is 0 Å². The van der Waals surface area contributed by atoms with Gasteiger partial charge < -0.3 is 10.4 Å². The Morgan fingerprint density at radius 1 is 1.53 bits per heavy atom. The van der Waals surface area contributed by atoms with Gasteiger partial charge in [-0.05, 0) is 25.3 Å². The van der Waals surface area contributed by atoms with Crippen molar-refractivity contribution >= 4 is 5.91 Å². The SMILES string of the molecule is CCC(CO)NC(=O)c1ccnc(C2CCCC2)n1. The Morgan fingerprint density at radius 3 is 2.89 bits per heavy atom. The largest absolute Gasteiger partial charge is 0.394 e. The van der Waals surface area contributed by atoms with Gasteiger partial charge in [-0.1, -0.05) is 19.8 Å². The third-order valence-electron chi connectivity index (χ3n) is 3.68. The maximum Gasteiger partial charge on any atom is 0.270 e. The van der Waals surface area contributed by atoms with E-state index in [0.29, 0.717) is 18.0 Å². The second-order valence-corrected chi connectivity index (χ2v) is 5.04. The van der Waals surface area contributed by atoms with Gasteiger partial charge in [0.1, 0.15) is 11.5 Å². The highest BCUT2D eigenvalue weighted by Crippen LogP contribution is 2.31. The fourth-order valence-corrected chi connectivity index (χ4v) is 2.42. The number of aliphatic hydroxyl groups excluding tert-OH is 1. The number of nitrogens with zero attached hydrogens (tertiary/aromatic N) is 2. The summed E-state index contributed by atoms with van der Waals surface area (Å²) < 4.78 is 0. The van der Waals surface area contributed by atoms with E-state index in [2.05, 4.69) is 15.3 Å². The lowest BCUT2D eigenvalue weighted by atomic mass is 10.1. The van der Waals surface area contributed by atoms with Crippen LogP contribution in [-0.2, 0) is 0 Å². The molecule has 2 rings (SSSR count). The molecule has 1 aliphatic rings. The highest BCUT2D eigenvalue weighted by Gasteiger charge is 2.21. The van der Waals surface area contributed by atoms with Crippen LogP contribution in [0, 0.1) is 0 Å². The van der Waals surface area contributed by atoms with Gasteiger partial charge in [-0.2, -0.15) is 0 Å². The molecule has 2 N–H and O–H groups in total. The minimum atomic E-state index is -0.234. The van der Waals surface area contributed by atoms with Gasteiger partial charge in [0.05, 0.1) is 12.6 Å². The highest BCUT2D eigenvalue weighted by atomic mass is 16.3. The van der Waals surface area contributed by atoms with E-state index in [1.807, 2.05) is 6.92 Å². The summed E-state index contributed by atoms with van der Waals surface area (Å²) in [6, 6.07) is 1.41. The standard InChI is InChI=1S/C14H21N3O2/c1-2-11(9-18)16-14(19)12-7-8-15-13(17-12)10-5-3-4-6-10/h7-8,10-11,18H,2-6,9H2,1H3,(H,16,19). The molecule has 0 spiro atoms. The fraction of sp³-hybridized carbons (Fsp3) is 0.643. The molecule has 19 heavy (non-hydrogen) atoms. The smallest absolute Gasteiger partial charge is 0.270 e. The first-order chi connectivity index (χ1) is 9.24. The third-order valence-corrected chi connectivity index (χ3v) is 3.68. The van der Waals surface area contributed by atoms with E-state index in [0.717, 1.165) is 18.7 Å². The Hall–Kier alpha value is -1.49. The summed E-state index contributed by atoms with van der Waals surface area (Å²) in [5.74, 6) is 0.942. The zero-order valence-electron chi connectivity index (χ0n) is 11.3. The lowest BCUT2D eigenvalue weighted by Crippen LogP contribution is -2.37. The molecule has 0 aromatic carbocycles. The zero-order chi connectivity index (χ0) is 13.7. The Bertz CT molecular complexity index is 426. The molecule has 0 bridgehead atoms. The number of nitrogens with one attached hydrogen (secondary N) is 1. The van der Waals surface area contributed by atoms with Crippen LogP contribution in [0.5, 0.6) is 0 Å². The summed E-state index contributed by atoms with van der Waals surface area (Å²) in [5.41, 5.74) is 0.392. The van der Waals surface area contributed by atoms with Crippen molar-refractivity contribution in [1.29, 1.82) is 0 Å². The molecule has 1 atom stereocenters. The van der Waals surface area contributed by atoms with Gasteiger partial charge in [-0.15, -0.1) is 0 Å². The highest BCUT2D eigenvalue weighted by molar-refractivity contribution is 5.92. The molecule has 5 nitrogen and oxygen atoms in total. The van der Waals surface area contributed by atoms with Crippen molar-refractivity contribution in [2.45, 2.75) is 51.0 Å². The van der Waals surface area contributed by atoms with Crippen molar-refractivity contribution in [3.8, 4) is 0 Å². The van der Waals surface area contributed by atoms with Crippen molar-refractivity contribution in [1.82, 2.24) is 15.3 Å². The monoisotopic (exact) mass is 263 g/mol. The van der Waals surface area contributed by atoms with Crippen LogP contribution in [0.2, 0.25) is 0 Å². The van der Waals surface area contributed by atoms with E-state index in [1.165, 1.54) is 12.8 Å². The molecular formula is C14H21N3O2. The van der Waals surface area contributed by atoms with E-state index >= 15 is 0 Å². The summed E-state index contributed by atoms with van der Waals surface area (Å²) in [6.07, 6.45) is 7.00. The van der Waals surface area contributed by atoms with E-state index in [9.17, 15) is 4.79 Å². The van der Waals surface area contributed by atoms with E-state index in [4.69, 9.17) is 5.11 Å². The molecule has 104 valence electrons. The number of amides is 1. The Labute approximate surface area is 113 Å². The summed E-state index contributed by atoms with van der Waals surface area (Å²) in [7, 11) is 0. The maximum atomic E-state index is 12.0. The first-order valence-electron chi connectivity index (χ1n) is 6.99. The van der Waals surface area contributed by atoms with Crippen LogP contribution < -0.4 is 5.32 Å². The van der Waals surface area contributed by atoms with Crippen LogP contribution in [0.15, 0.2) is 12.3 Å². The quantitative estimate of drug-likeness (QED) is 0.846. The zero-order valence-corrected chi connectivity index (χ0v) is 11.3. The molecule has 0 radical (unpaired) electrons. The lowest BCUT2D eigenvalue weighted by molar-refractivity contribution is 0.0909. The van der Waals surface area contributed by atoms with Gasteiger partial charge in [0, 0.05) is 12.1 Å². The first-order valence-corrected chi connectivity index (χ1v) is 6.99. The molecule has 0 aliphatic heterocycles. The predicted molar refractivity (Wildman–Crippen MR) is 71.9 cm³/mol. The molecule has 1 heterocycles. The topological polar surface area (TPSA) is 75.1 Å². The normalized spacial score (nSPS) is 17.4. The molecule has 0 saturated heterocycles. The lowest BCUT2D eigenvalue weighted by Gasteiger charge is -2.14. The number of hydrogen-bond donors (Lipinski definition) is 2. The van der Waals surface area contributed by atoms with E-state index in [1.54, 1.807) is 12.3 Å². The van der Waals surface area contributed by atoms with Crippen LogP contribution in [-0.4, -0.2) is 33.6 Å². The van der Waals surface area contributed by atoms with Crippen LogP contribution in [0.3, 0.4) is 0 Å². The van der Waals surface area contributed by atoms with Gasteiger partial charge in [-0.3, -0.25) is 4.79 Å². The fourth-order valence-electron chi connectivity index (χ4n) is 2.42. The average Bonchev–Trinajstić information content (AvgIpc) is 2.99. The maximum absolute atomic E-state index is 12.0. The summed E-state index contributed by atoms with van der Waals surface area (Å²) in [4.78, 5) is 20.7. The summed E-state index contributed by atoms with van der Waals surface area (Å²) in [5, 5.41) is 11.9. The van der Waals surface area contributed by atoms with Crippen molar-refractivity contribution in [2.75, 3.05) is 6.61 Å². The van der Waals surface area contributed by atoms with Gasteiger partial charge in [-0.25, -0.2) is 9.97 Å². The molecule has 1 aliphatic carbocycles. The minimum absolute atomic E-state index is 0.0528. The number of aromatic nitrogens is 2. The summed E-state index contributed by atoms with van der Waals surface area (Å²) in [6.45, 7) is 1.87. The molecular weight excluding hydrogens is 242 g/mol. The number of hydrogen-bond acceptors (Lipinski definition) is 4. The van der Waals surface area contributed by atoms with Gasteiger partial charge >= 0.3 is 0 Å². The Morgan fingerprint density at radius 2 is 2.26 bits per heavy atom. The number of carbonyl (C=O) groups is 1. The molecule has 1 aromatic heterocycles. The van der Waals surface area contributed by atoms with Crippen LogP contribution in [0.4, 0.5) is 0 Å². The van der Waals surface area contributed by atoms with Gasteiger partial charge in [0.2, 0.25) is 0 Å². The van der Waals surface area contributed by atoms with Crippen LogP contribution >= 0.6 is 0 Å². The second-order valence-electron chi connectivity index (χ2n) is 5.04. The van der Waals surface area contributed by atoms with Crippen molar-refractivity contribution in [2.24, 2.45) is 0 Å². The van der Waals surface area contributed by atoms with E-state index in [-0.39, 0.29) is 18.6 Å². The summed E-state index contributed by atoms with van der Waals surface area (Å²) >= 11 is 0. The predicted octanol–water partition coefficient (Wildman–Crippen LogP) is 1.63. The van der Waals surface area contributed by atoms with Crippen LogP contribution in [0.25, 0.3) is 0 Å². The molecule has 1 saturated carbocycles. The first kappa shape index (κ1) is 13.9. The Balaban J connectivity index is 2.07. The van der Waals surface area contributed by atoms with E-state index < -0.39 is 0 Å². The average molecular weight is 263 g/mol. The molecule has 1 fully saturated rings.